The van der Waals surface area contributed by atoms with Crippen LogP contribution >= 0.6 is 50.7 Å². The Kier molecular flexibility index (Phi) is 6.98. The summed E-state index contributed by atoms with van der Waals surface area (Å²) in [6.45, 7) is 0. The van der Waals surface area contributed by atoms with Gasteiger partial charge in [-0.2, -0.15) is 0 Å². The summed E-state index contributed by atoms with van der Waals surface area (Å²) < 4.78 is 39.9. The number of halogens is 7. The van der Waals surface area contributed by atoms with E-state index in [2.05, 4.69) is 26.6 Å². The van der Waals surface area contributed by atoms with E-state index in [4.69, 9.17) is 40.5 Å². The molecule has 2 amide bonds. The number of carbonyl (C=O) groups excluding carboxylic acids is 2. The molecule has 182 valence electrons. The van der Waals surface area contributed by atoms with Gasteiger partial charge >= 0.3 is 0 Å². The first-order valence-electron chi connectivity index (χ1n) is 9.89. The summed E-state index contributed by atoms with van der Waals surface area (Å²) in [7, 11) is 0. The predicted molar refractivity (Wildman–Crippen MR) is 134 cm³/mol. The van der Waals surface area contributed by atoms with Gasteiger partial charge in [-0.1, -0.05) is 17.7 Å². The van der Waals surface area contributed by atoms with Gasteiger partial charge in [-0.25, -0.2) is 13.2 Å². The molecule has 0 aromatic heterocycles. The minimum Gasteiger partial charge on any atom is -0.394 e. The van der Waals surface area contributed by atoms with Crippen molar-refractivity contribution in [3.8, 4) is 0 Å². The zero-order chi connectivity index (χ0) is 25.7. The number of nitrogens with one attached hydrogen (secondary N) is 2. The minimum absolute atomic E-state index is 0.0143. The number of hydrogen-bond acceptors (Lipinski definition) is 3. The molecule has 1 aliphatic carbocycles. The van der Waals surface area contributed by atoms with Crippen LogP contribution in [0.4, 0.5) is 30.2 Å². The molecule has 0 heterocycles. The molecule has 2 atom stereocenters. The van der Waals surface area contributed by atoms with Crippen molar-refractivity contribution in [3.63, 3.8) is 0 Å². The molecule has 0 spiro atoms. The normalized spacial score (nSPS) is 18.1. The van der Waals surface area contributed by atoms with Crippen LogP contribution in [-0.4, -0.2) is 16.1 Å². The SMILES string of the molecule is Nc1c(F)ccc(NC(=O)c2cc(NC(=O)[C@H]3[C@H](c4ccc(F)c(Br)c4)C3(Cl)Cl)ccc2Cl)c1F. The van der Waals surface area contributed by atoms with E-state index >= 15 is 0 Å². The molecule has 1 fully saturated rings. The van der Waals surface area contributed by atoms with Crippen molar-refractivity contribution in [3.05, 3.63) is 86.6 Å². The molecule has 35 heavy (non-hydrogen) atoms. The number of alkyl halides is 2. The summed E-state index contributed by atoms with van der Waals surface area (Å²) in [5.41, 5.74) is 4.89. The Labute approximate surface area is 220 Å². The molecular weight excluding hydrogens is 594 g/mol. The van der Waals surface area contributed by atoms with E-state index in [0.717, 1.165) is 12.1 Å². The van der Waals surface area contributed by atoms with Crippen molar-refractivity contribution in [2.45, 2.75) is 10.3 Å². The van der Waals surface area contributed by atoms with Crippen LogP contribution in [0.3, 0.4) is 0 Å². The second kappa shape index (κ2) is 9.54. The molecule has 1 aliphatic rings. The van der Waals surface area contributed by atoms with Crippen LogP contribution in [0.25, 0.3) is 0 Å². The van der Waals surface area contributed by atoms with Crippen molar-refractivity contribution >= 4 is 79.6 Å². The van der Waals surface area contributed by atoms with E-state index in [0.29, 0.717) is 5.56 Å². The lowest BCUT2D eigenvalue weighted by Crippen LogP contribution is -2.18. The summed E-state index contributed by atoms with van der Waals surface area (Å²) >= 11 is 21.9. The third-order valence-corrected chi connectivity index (χ3v) is 7.37. The molecule has 3 aromatic rings. The fourth-order valence-electron chi connectivity index (χ4n) is 3.63. The average Bonchev–Trinajstić information content (AvgIpc) is 3.39. The molecule has 0 aliphatic heterocycles. The van der Waals surface area contributed by atoms with Crippen molar-refractivity contribution < 1.29 is 22.8 Å². The Balaban J connectivity index is 1.52. The summed E-state index contributed by atoms with van der Waals surface area (Å²) in [4.78, 5) is 25.6. The number of benzene rings is 3. The quantitative estimate of drug-likeness (QED) is 0.218. The Morgan fingerprint density at radius 3 is 2.34 bits per heavy atom. The monoisotopic (exact) mass is 605 g/mol. The number of rotatable bonds is 5. The van der Waals surface area contributed by atoms with Gasteiger partial charge in [0.1, 0.15) is 21.7 Å². The zero-order valence-corrected chi connectivity index (χ0v) is 21.2. The fraction of sp³-hybridized carbons (Fsp3) is 0.130. The summed E-state index contributed by atoms with van der Waals surface area (Å²) in [6.07, 6.45) is 0. The average molecular weight is 608 g/mol. The number of carbonyl (C=O) groups is 2. The maximum absolute atomic E-state index is 14.2. The smallest absolute Gasteiger partial charge is 0.257 e. The molecule has 0 unspecified atom stereocenters. The van der Waals surface area contributed by atoms with Gasteiger partial charge in [0.2, 0.25) is 5.91 Å². The summed E-state index contributed by atoms with van der Waals surface area (Å²) in [5, 5.41) is 4.91. The highest BCUT2D eigenvalue weighted by Crippen LogP contribution is 2.65. The van der Waals surface area contributed by atoms with Gasteiger partial charge < -0.3 is 16.4 Å². The van der Waals surface area contributed by atoms with E-state index in [1.807, 2.05) is 0 Å². The fourth-order valence-corrected chi connectivity index (χ4v) is 5.05. The van der Waals surface area contributed by atoms with Gasteiger partial charge in [-0.15, -0.1) is 23.2 Å². The molecule has 0 radical (unpaired) electrons. The van der Waals surface area contributed by atoms with Gasteiger partial charge in [0.05, 0.1) is 26.7 Å². The van der Waals surface area contributed by atoms with Gasteiger partial charge in [-0.3, -0.25) is 9.59 Å². The first kappa shape index (κ1) is 25.6. The van der Waals surface area contributed by atoms with E-state index in [9.17, 15) is 22.8 Å². The van der Waals surface area contributed by atoms with Crippen LogP contribution in [0.1, 0.15) is 21.8 Å². The van der Waals surface area contributed by atoms with Gasteiger partial charge in [0.25, 0.3) is 5.91 Å². The number of anilines is 3. The summed E-state index contributed by atoms with van der Waals surface area (Å²) in [5.74, 6) is -5.37. The highest BCUT2D eigenvalue weighted by atomic mass is 79.9. The number of amides is 2. The Hall–Kier alpha value is -2.46. The highest BCUT2D eigenvalue weighted by Gasteiger charge is 2.67. The predicted octanol–water partition coefficient (Wildman–Crippen LogP) is 6.88. The van der Waals surface area contributed by atoms with Gasteiger partial charge in [0, 0.05) is 11.6 Å². The molecule has 5 nitrogen and oxygen atoms in total. The van der Waals surface area contributed by atoms with Gasteiger partial charge in [0.15, 0.2) is 5.82 Å². The first-order valence-corrected chi connectivity index (χ1v) is 11.8. The van der Waals surface area contributed by atoms with E-state index < -0.39 is 51.1 Å². The summed E-state index contributed by atoms with van der Waals surface area (Å²) in [6, 6.07) is 10.2. The van der Waals surface area contributed by atoms with E-state index in [-0.39, 0.29) is 26.4 Å². The third kappa shape index (κ3) is 4.95. The second-order valence-electron chi connectivity index (χ2n) is 7.76. The highest BCUT2D eigenvalue weighted by molar-refractivity contribution is 9.10. The Morgan fingerprint density at radius 1 is 0.971 bits per heavy atom. The molecule has 1 saturated carbocycles. The van der Waals surface area contributed by atoms with Crippen LogP contribution in [0.15, 0.2) is 53.0 Å². The third-order valence-electron chi connectivity index (χ3n) is 5.49. The molecule has 4 N–H and O–H groups in total. The molecule has 3 aromatic carbocycles. The number of nitrogen functional groups attached to an aromatic ring is 1. The van der Waals surface area contributed by atoms with E-state index in [1.54, 1.807) is 0 Å². The number of nitrogens with two attached hydrogens (primary N) is 1. The van der Waals surface area contributed by atoms with Crippen molar-refractivity contribution in [1.82, 2.24) is 0 Å². The van der Waals surface area contributed by atoms with Crippen molar-refractivity contribution in [1.29, 1.82) is 0 Å². The lowest BCUT2D eigenvalue weighted by Gasteiger charge is -2.11. The van der Waals surface area contributed by atoms with Crippen molar-refractivity contribution in [2.24, 2.45) is 5.92 Å². The molecule has 0 saturated heterocycles. The van der Waals surface area contributed by atoms with Crippen LogP contribution < -0.4 is 16.4 Å². The lowest BCUT2D eigenvalue weighted by atomic mass is 10.1. The minimum atomic E-state index is -1.42. The Morgan fingerprint density at radius 2 is 1.66 bits per heavy atom. The van der Waals surface area contributed by atoms with Gasteiger partial charge in [-0.05, 0) is 64.0 Å². The van der Waals surface area contributed by atoms with Crippen LogP contribution in [0.2, 0.25) is 5.02 Å². The lowest BCUT2D eigenvalue weighted by molar-refractivity contribution is -0.117. The standard InChI is InChI=1S/C23H14BrCl3F3N3O2/c24-12-7-9(1-4-14(12)28)17-18(23(17,26)27)22(35)32-10-2-3-13(25)11(8-10)21(34)33-16-6-5-15(29)20(31)19(16)30/h1-8,17-18H,31H2,(H,32,35)(H,33,34)/t17-,18+/m0/s1. The second-order valence-corrected chi connectivity index (χ2v) is 10.5. The van der Waals surface area contributed by atoms with Crippen molar-refractivity contribution in [2.75, 3.05) is 16.4 Å². The molecule has 4 rings (SSSR count). The Bertz CT molecular complexity index is 1370. The zero-order valence-electron chi connectivity index (χ0n) is 17.3. The largest absolute Gasteiger partial charge is 0.394 e. The van der Waals surface area contributed by atoms with Crippen LogP contribution in [-0.2, 0) is 4.79 Å². The van der Waals surface area contributed by atoms with E-state index in [1.165, 1.54) is 36.4 Å². The molecule has 12 heteroatoms. The topological polar surface area (TPSA) is 84.2 Å². The number of hydrogen-bond donors (Lipinski definition) is 3. The first-order chi connectivity index (χ1) is 16.4. The molecule has 0 bridgehead atoms. The van der Waals surface area contributed by atoms with Crippen LogP contribution in [0.5, 0.6) is 0 Å². The maximum Gasteiger partial charge on any atom is 0.257 e. The van der Waals surface area contributed by atoms with Crippen LogP contribution in [0, 0.1) is 23.4 Å². The maximum atomic E-state index is 14.2. The molecular formula is C23H14BrCl3F3N3O2.